The number of hydrogen-bond acceptors (Lipinski definition) is 3. The first-order chi connectivity index (χ1) is 7.79. The quantitative estimate of drug-likeness (QED) is 0.612. The maximum Gasteiger partial charge on any atom is 0.330 e. The molecule has 0 heterocycles. The summed E-state index contributed by atoms with van der Waals surface area (Å²) in [5, 5.41) is 8.47. The van der Waals surface area contributed by atoms with Crippen molar-refractivity contribution in [2.45, 2.75) is 12.8 Å². The van der Waals surface area contributed by atoms with Gasteiger partial charge in [0, 0.05) is 6.08 Å². The van der Waals surface area contributed by atoms with E-state index >= 15 is 0 Å². The fourth-order valence-electron chi connectivity index (χ4n) is 1.68. The van der Waals surface area contributed by atoms with Crippen LogP contribution in [0.25, 0.3) is 6.08 Å². The van der Waals surface area contributed by atoms with Gasteiger partial charge in [0.1, 0.15) is 6.61 Å². The molecule has 1 aliphatic carbocycles. The molecule has 3 nitrogen and oxygen atoms in total. The van der Waals surface area contributed by atoms with E-state index in [0.717, 1.165) is 18.4 Å². The topological polar surface area (TPSA) is 46.5 Å². The molecule has 0 aliphatic heterocycles. The Morgan fingerprint density at radius 1 is 1.38 bits per heavy atom. The monoisotopic (exact) mass is 218 g/mol. The maximum absolute atomic E-state index is 11.1. The van der Waals surface area contributed by atoms with Gasteiger partial charge in [0.15, 0.2) is 0 Å². The van der Waals surface area contributed by atoms with Crippen molar-refractivity contribution in [1.82, 2.24) is 0 Å². The number of hydrogen-bond donors (Lipinski definition) is 1. The summed E-state index contributed by atoms with van der Waals surface area (Å²) in [6.07, 6.45) is 5.41. The van der Waals surface area contributed by atoms with Crippen molar-refractivity contribution in [2.75, 3.05) is 13.2 Å². The summed E-state index contributed by atoms with van der Waals surface area (Å²) in [6.45, 7) is -0.0915. The lowest BCUT2D eigenvalue weighted by atomic mass is 9.87. The number of aryl methyl sites for hydroxylation is 2. The fraction of sp³-hybridized carbons (Fsp3) is 0.308. The molecule has 0 aromatic heterocycles. The molecule has 0 saturated heterocycles. The van der Waals surface area contributed by atoms with Crippen LogP contribution in [-0.4, -0.2) is 24.3 Å². The molecule has 0 bridgehead atoms. The number of aliphatic hydroxyl groups excluding tert-OH is 1. The second-order valence-corrected chi connectivity index (χ2v) is 3.75. The van der Waals surface area contributed by atoms with E-state index in [9.17, 15) is 4.79 Å². The molecule has 0 saturated carbocycles. The van der Waals surface area contributed by atoms with Gasteiger partial charge in [-0.05, 0) is 35.6 Å². The molecule has 0 amide bonds. The van der Waals surface area contributed by atoms with Crippen molar-refractivity contribution in [3.63, 3.8) is 0 Å². The molecule has 1 N–H and O–H groups in total. The van der Waals surface area contributed by atoms with Gasteiger partial charge >= 0.3 is 5.97 Å². The minimum absolute atomic E-state index is 0.0490. The van der Waals surface area contributed by atoms with Crippen molar-refractivity contribution in [3.05, 3.63) is 41.0 Å². The number of carbonyl (C=O) groups is 1. The van der Waals surface area contributed by atoms with Crippen LogP contribution in [0.3, 0.4) is 0 Å². The summed E-state index contributed by atoms with van der Waals surface area (Å²) in [5.41, 5.74) is 3.78. The third-order valence-electron chi connectivity index (χ3n) is 2.64. The molecule has 1 aromatic carbocycles. The van der Waals surface area contributed by atoms with Gasteiger partial charge in [-0.15, -0.1) is 0 Å². The fourth-order valence-corrected chi connectivity index (χ4v) is 1.68. The molecule has 1 aromatic rings. The Bertz CT molecular complexity index is 421. The van der Waals surface area contributed by atoms with E-state index in [-0.39, 0.29) is 13.2 Å². The second kappa shape index (κ2) is 4.94. The molecule has 0 fully saturated rings. The van der Waals surface area contributed by atoms with Crippen LogP contribution in [0.15, 0.2) is 24.3 Å². The first-order valence-corrected chi connectivity index (χ1v) is 5.37. The van der Waals surface area contributed by atoms with E-state index in [4.69, 9.17) is 9.84 Å². The molecule has 84 valence electrons. The molecule has 0 atom stereocenters. The van der Waals surface area contributed by atoms with Crippen LogP contribution in [0.2, 0.25) is 0 Å². The average molecular weight is 218 g/mol. The number of aliphatic hydroxyl groups is 1. The van der Waals surface area contributed by atoms with Crippen molar-refractivity contribution in [3.8, 4) is 0 Å². The zero-order chi connectivity index (χ0) is 11.4. The van der Waals surface area contributed by atoms with Gasteiger partial charge in [-0.1, -0.05) is 18.2 Å². The lowest BCUT2D eigenvalue weighted by Crippen LogP contribution is -2.07. The van der Waals surface area contributed by atoms with Crippen molar-refractivity contribution < 1.29 is 14.6 Å². The number of esters is 1. The number of rotatable bonds is 4. The summed E-state index contributed by atoms with van der Waals surface area (Å²) in [5.74, 6) is -0.420. The largest absolute Gasteiger partial charge is 0.460 e. The molecular formula is C13H14O3. The SMILES string of the molecule is O=C(C=Cc1ccc2c(c1)CC2)OCCO. The van der Waals surface area contributed by atoms with Crippen LogP contribution in [0, 0.1) is 0 Å². The van der Waals surface area contributed by atoms with Gasteiger partial charge < -0.3 is 9.84 Å². The molecule has 16 heavy (non-hydrogen) atoms. The summed E-state index contributed by atoms with van der Waals surface area (Å²) in [6, 6.07) is 6.18. The number of carbonyl (C=O) groups excluding carboxylic acids is 1. The molecule has 2 rings (SSSR count). The predicted octanol–water partition coefficient (Wildman–Crippen LogP) is 1.33. The van der Waals surface area contributed by atoms with Gasteiger partial charge in [-0.2, -0.15) is 0 Å². The minimum atomic E-state index is -0.420. The van der Waals surface area contributed by atoms with Gasteiger partial charge in [-0.3, -0.25) is 0 Å². The lowest BCUT2D eigenvalue weighted by Gasteiger charge is -2.18. The Kier molecular flexibility index (Phi) is 3.37. The van der Waals surface area contributed by atoms with Gasteiger partial charge in [0.2, 0.25) is 0 Å². The lowest BCUT2D eigenvalue weighted by molar-refractivity contribution is -0.138. The highest BCUT2D eigenvalue weighted by atomic mass is 16.5. The Morgan fingerprint density at radius 3 is 2.81 bits per heavy atom. The van der Waals surface area contributed by atoms with E-state index in [1.54, 1.807) is 6.08 Å². The Hall–Kier alpha value is -1.61. The Labute approximate surface area is 94.4 Å². The summed E-state index contributed by atoms with van der Waals surface area (Å²) in [4.78, 5) is 11.1. The predicted molar refractivity (Wildman–Crippen MR) is 60.9 cm³/mol. The third kappa shape index (κ3) is 2.49. The van der Waals surface area contributed by atoms with E-state index in [2.05, 4.69) is 12.1 Å². The van der Waals surface area contributed by atoms with Gasteiger partial charge in [0.25, 0.3) is 0 Å². The van der Waals surface area contributed by atoms with Crippen LogP contribution in [0.4, 0.5) is 0 Å². The van der Waals surface area contributed by atoms with Crippen LogP contribution in [-0.2, 0) is 22.4 Å². The van der Waals surface area contributed by atoms with E-state index in [0.29, 0.717) is 0 Å². The van der Waals surface area contributed by atoms with E-state index in [1.165, 1.54) is 17.2 Å². The Balaban J connectivity index is 1.95. The molecule has 3 heteroatoms. The maximum atomic E-state index is 11.1. The van der Waals surface area contributed by atoms with Crippen LogP contribution >= 0.6 is 0 Å². The zero-order valence-electron chi connectivity index (χ0n) is 8.98. The average Bonchev–Trinajstić information content (AvgIpc) is 2.26. The molecular weight excluding hydrogens is 204 g/mol. The Morgan fingerprint density at radius 2 is 2.19 bits per heavy atom. The van der Waals surface area contributed by atoms with Crippen LogP contribution < -0.4 is 0 Å². The first-order valence-electron chi connectivity index (χ1n) is 5.37. The van der Waals surface area contributed by atoms with Crippen molar-refractivity contribution in [2.24, 2.45) is 0 Å². The van der Waals surface area contributed by atoms with Crippen LogP contribution in [0.5, 0.6) is 0 Å². The third-order valence-corrected chi connectivity index (χ3v) is 2.64. The molecule has 0 unspecified atom stereocenters. The van der Waals surface area contributed by atoms with Gasteiger partial charge in [-0.25, -0.2) is 4.79 Å². The molecule has 0 spiro atoms. The summed E-state index contributed by atoms with van der Waals surface area (Å²) in [7, 11) is 0. The molecule has 1 aliphatic rings. The summed E-state index contributed by atoms with van der Waals surface area (Å²) >= 11 is 0. The highest BCUT2D eigenvalue weighted by molar-refractivity contribution is 5.87. The number of benzene rings is 1. The minimum Gasteiger partial charge on any atom is -0.460 e. The standard InChI is InChI=1S/C13H14O3/c14-7-8-16-13(15)6-2-10-1-3-11-4-5-12(11)9-10/h1-3,6,9,14H,4-5,7-8H2. The zero-order valence-corrected chi connectivity index (χ0v) is 8.98. The second-order valence-electron chi connectivity index (χ2n) is 3.75. The summed E-state index contributed by atoms with van der Waals surface area (Å²) < 4.78 is 4.71. The van der Waals surface area contributed by atoms with Gasteiger partial charge in [0.05, 0.1) is 6.61 Å². The first kappa shape index (κ1) is 10.9. The van der Waals surface area contributed by atoms with Crippen LogP contribution in [0.1, 0.15) is 16.7 Å². The highest BCUT2D eigenvalue weighted by Crippen LogP contribution is 2.23. The van der Waals surface area contributed by atoms with E-state index in [1.807, 2.05) is 6.07 Å². The number of fused-ring (bicyclic) bond motifs is 1. The number of ether oxygens (including phenoxy) is 1. The van der Waals surface area contributed by atoms with E-state index < -0.39 is 5.97 Å². The smallest absolute Gasteiger partial charge is 0.330 e. The van der Waals surface area contributed by atoms with Crippen molar-refractivity contribution in [1.29, 1.82) is 0 Å². The van der Waals surface area contributed by atoms with Crippen molar-refractivity contribution >= 4 is 12.0 Å². The normalized spacial score (nSPS) is 13.3. The molecule has 0 radical (unpaired) electrons. The highest BCUT2D eigenvalue weighted by Gasteiger charge is 2.11.